The molecule has 2 rings (SSSR count). The smallest absolute Gasteiger partial charge is 0.0922 e. The Morgan fingerprint density at radius 2 is 1.87 bits per heavy atom. The lowest BCUT2D eigenvalue weighted by Crippen LogP contribution is -2.28. The summed E-state index contributed by atoms with van der Waals surface area (Å²) in [4.78, 5) is 0. The van der Waals surface area contributed by atoms with Crippen molar-refractivity contribution < 1.29 is 5.11 Å². The lowest BCUT2D eigenvalue weighted by Gasteiger charge is -2.28. The SMILES string of the molecule is C[C@H]1CCC[C@@]1(O)c1cc(Br)cc(Br)c1. The van der Waals surface area contributed by atoms with Gasteiger partial charge in [0.25, 0.3) is 0 Å². The number of benzene rings is 1. The first-order valence-electron chi connectivity index (χ1n) is 5.21. The first-order valence-corrected chi connectivity index (χ1v) is 6.80. The van der Waals surface area contributed by atoms with E-state index < -0.39 is 5.60 Å². The molecule has 1 nitrogen and oxygen atoms in total. The van der Waals surface area contributed by atoms with E-state index in [1.165, 1.54) is 0 Å². The number of aliphatic hydroxyl groups is 1. The Morgan fingerprint density at radius 3 is 2.33 bits per heavy atom. The number of hydrogen-bond acceptors (Lipinski definition) is 1. The van der Waals surface area contributed by atoms with Gasteiger partial charge < -0.3 is 5.11 Å². The molecule has 1 aliphatic carbocycles. The van der Waals surface area contributed by atoms with Crippen molar-refractivity contribution in [1.29, 1.82) is 0 Å². The molecule has 1 fully saturated rings. The lowest BCUT2D eigenvalue weighted by atomic mass is 9.85. The van der Waals surface area contributed by atoms with Gasteiger partial charge in [-0.2, -0.15) is 0 Å². The maximum Gasteiger partial charge on any atom is 0.0922 e. The first-order chi connectivity index (χ1) is 7.02. The van der Waals surface area contributed by atoms with Crippen LogP contribution in [0.25, 0.3) is 0 Å². The van der Waals surface area contributed by atoms with E-state index in [-0.39, 0.29) is 0 Å². The zero-order chi connectivity index (χ0) is 11.1. The number of hydrogen-bond donors (Lipinski definition) is 1. The van der Waals surface area contributed by atoms with Gasteiger partial charge >= 0.3 is 0 Å². The van der Waals surface area contributed by atoms with E-state index in [0.29, 0.717) is 5.92 Å². The third-order valence-corrected chi connectivity index (χ3v) is 4.29. The molecule has 0 unspecified atom stereocenters. The summed E-state index contributed by atoms with van der Waals surface area (Å²) in [5.74, 6) is 0.346. The first kappa shape index (κ1) is 11.6. The van der Waals surface area contributed by atoms with E-state index in [4.69, 9.17) is 0 Å². The molecular weight excluding hydrogens is 320 g/mol. The molecule has 1 aromatic rings. The van der Waals surface area contributed by atoms with Crippen LogP contribution in [0.1, 0.15) is 31.7 Å². The summed E-state index contributed by atoms with van der Waals surface area (Å²) >= 11 is 6.93. The Morgan fingerprint density at radius 1 is 1.27 bits per heavy atom. The molecule has 82 valence electrons. The molecule has 0 heterocycles. The Kier molecular flexibility index (Phi) is 3.25. The fourth-order valence-electron chi connectivity index (χ4n) is 2.40. The third-order valence-electron chi connectivity index (χ3n) is 3.37. The largest absolute Gasteiger partial charge is 0.385 e. The number of rotatable bonds is 1. The molecule has 0 spiro atoms. The highest BCUT2D eigenvalue weighted by molar-refractivity contribution is 9.11. The van der Waals surface area contributed by atoms with Crippen LogP contribution in [0, 0.1) is 5.92 Å². The van der Waals surface area contributed by atoms with E-state index in [9.17, 15) is 5.11 Å². The van der Waals surface area contributed by atoms with E-state index >= 15 is 0 Å². The predicted molar refractivity (Wildman–Crippen MR) is 68.8 cm³/mol. The predicted octanol–water partition coefficient (Wildman–Crippen LogP) is 4.22. The fourth-order valence-corrected chi connectivity index (χ4v) is 3.69. The van der Waals surface area contributed by atoms with E-state index in [2.05, 4.69) is 38.8 Å². The van der Waals surface area contributed by atoms with Crippen molar-refractivity contribution in [3.63, 3.8) is 0 Å². The average molecular weight is 334 g/mol. The topological polar surface area (TPSA) is 20.2 Å². The fraction of sp³-hybridized carbons (Fsp3) is 0.500. The Balaban J connectivity index is 2.44. The highest BCUT2D eigenvalue weighted by Crippen LogP contribution is 2.44. The minimum atomic E-state index is -0.633. The van der Waals surface area contributed by atoms with Crippen LogP contribution >= 0.6 is 31.9 Å². The molecule has 0 saturated heterocycles. The summed E-state index contributed by atoms with van der Waals surface area (Å²) in [6.07, 6.45) is 3.10. The van der Waals surface area contributed by atoms with Crippen molar-refractivity contribution in [2.75, 3.05) is 0 Å². The molecule has 1 N–H and O–H groups in total. The standard InChI is InChI=1S/C12H14Br2O/c1-8-3-2-4-12(8,15)9-5-10(13)7-11(14)6-9/h5-8,15H,2-4H2,1H3/t8-,12-/m0/s1. The molecule has 3 heteroatoms. The number of halogens is 2. The van der Waals surface area contributed by atoms with Crippen LogP contribution in [0.4, 0.5) is 0 Å². The Labute approximate surface area is 107 Å². The van der Waals surface area contributed by atoms with E-state index in [0.717, 1.165) is 33.8 Å². The summed E-state index contributed by atoms with van der Waals surface area (Å²) in [6.45, 7) is 2.13. The maximum absolute atomic E-state index is 10.6. The molecule has 1 aliphatic rings. The third kappa shape index (κ3) is 2.15. The highest BCUT2D eigenvalue weighted by Gasteiger charge is 2.39. The molecule has 0 radical (unpaired) electrons. The summed E-state index contributed by atoms with van der Waals surface area (Å²) in [7, 11) is 0. The van der Waals surface area contributed by atoms with Crippen LogP contribution in [0.3, 0.4) is 0 Å². The summed E-state index contributed by atoms with van der Waals surface area (Å²) < 4.78 is 2.03. The molecule has 0 aromatic heterocycles. The van der Waals surface area contributed by atoms with Crippen LogP contribution in [-0.2, 0) is 5.60 Å². The van der Waals surface area contributed by atoms with Gasteiger partial charge in [0.1, 0.15) is 0 Å². The van der Waals surface area contributed by atoms with Crippen LogP contribution < -0.4 is 0 Å². The Bertz CT molecular complexity index is 358. The normalized spacial score (nSPS) is 30.8. The summed E-state index contributed by atoms with van der Waals surface area (Å²) in [5, 5.41) is 10.6. The molecule has 15 heavy (non-hydrogen) atoms. The van der Waals surface area contributed by atoms with Crippen LogP contribution in [0.5, 0.6) is 0 Å². The second kappa shape index (κ2) is 4.19. The minimum absolute atomic E-state index is 0.346. The van der Waals surface area contributed by atoms with Crippen LogP contribution in [0.2, 0.25) is 0 Å². The lowest BCUT2D eigenvalue weighted by molar-refractivity contribution is 0.00438. The van der Waals surface area contributed by atoms with Crippen molar-refractivity contribution in [1.82, 2.24) is 0 Å². The second-order valence-corrected chi connectivity index (χ2v) is 6.21. The van der Waals surface area contributed by atoms with Crippen molar-refractivity contribution in [2.45, 2.75) is 31.8 Å². The van der Waals surface area contributed by atoms with Crippen LogP contribution in [0.15, 0.2) is 27.1 Å². The second-order valence-electron chi connectivity index (χ2n) is 4.38. The maximum atomic E-state index is 10.6. The molecule has 2 atom stereocenters. The van der Waals surface area contributed by atoms with E-state index in [1.54, 1.807) is 0 Å². The summed E-state index contributed by atoms with van der Waals surface area (Å²) in [5.41, 5.74) is 0.389. The zero-order valence-electron chi connectivity index (χ0n) is 8.63. The van der Waals surface area contributed by atoms with Gasteiger partial charge in [-0.05, 0) is 48.9 Å². The van der Waals surface area contributed by atoms with Crippen molar-refractivity contribution in [3.05, 3.63) is 32.7 Å². The van der Waals surface area contributed by atoms with Crippen molar-refractivity contribution in [2.24, 2.45) is 5.92 Å². The van der Waals surface area contributed by atoms with E-state index in [1.807, 2.05) is 18.2 Å². The quantitative estimate of drug-likeness (QED) is 0.815. The molecule has 1 saturated carbocycles. The van der Waals surface area contributed by atoms with Gasteiger partial charge in [0.05, 0.1) is 5.60 Å². The van der Waals surface area contributed by atoms with Gasteiger partial charge in [0.2, 0.25) is 0 Å². The minimum Gasteiger partial charge on any atom is -0.385 e. The van der Waals surface area contributed by atoms with Gasteiger partial charge in [0, 0.05) is 8.95 Å². The molecule has 0 bridgehead atoms. The van der Waals surface area contributed by atoms with Gasteiger partial charge in [-0.15, -0.1) is 0 Å². The van der Waals surface area contributed by atoms with Gasteiger partial charge in [-0.1, -0.05) is 38.8 Å². The summed E-state index contributed by atoms with van der Waals surface area (Å²) in [6, 6.07) is 6.03. The van der Waals surface area contributed by atoms with Gasteiger partial charge in [-0.25, -0.2) is 0 Å². The van der Waals surface area contributed by atoms with Gasteiger partial charge in [0.15, 0.2) is 0 Å². The molecular formula is C12H14Br2O. The Hall–Kier alpha value is 0.140. The molecule has 0 amide bonds. The zero-order valence-corrected chi connectivity index (χ0v) is 11.8. The van der Waals surface area contributed by atoms with Crippen molar-refractivity contribution in [3.8, 4) is 0 Å². The monoisotopic (exact) mass is 332 g/mol. The average Bonchev–Trinajstić information content (AvgIpc) is 2.47. The van der Waals surface area contributed by atoms with Gasteiger partial charge in [-0.3, -0.25) is 0 Å². The molecule has 0 aliphatic heterocycles. The highest BCUT2D eigenvalue weighted by atomic mass is 79.9. The van der Waals surface area contributed by atoms with Crippen molar-refractivity contribution >= 4 is 31.9 Å². The van der Waals surface area contributed by atoms with Crippen LogP contribution in [-0.4, -0.2) is 5.11 Å². The molecule has 1 aromatic carbocycles.